The molecular weight excluding hydrogens is 234 g/mol. The van der Waals surface area contributed by atoms with E-state index in [0.29, 0.717) is 0 Å². The van der Waals surface area contributed by atoms with Gasteiger partial charge >= 0.3 is 5.97 Å². The average Bonchev–Trinajstić information content (AvgIpc) is 2.31. The van der Waals surface area contributed by atoms with Crippen molar-refractivity contribution in [3.05, 3.63) is 35.4 Å². The van der Waals surface area contributed by atoms with E-state index in [1.54, 1.807) is 0 Å². The average molecular weight is 246 g/mol. The number of benzene rings is 1. The molecule has 6 heteroatoms. The highest BCUT2D eigenvalue weighted by molar-refractivity contribution is 5.69. The molecule has 2 unspecified atom stereocenters. The van der Waals surface area contributed by atoms with Crippen LogP contribution >= 0.6 is 0 Å². The number of esters is 1. The number of halogens is 2. The minimum atomic E-state index is -1.69. The lowest BCUT2D eigenvalue weighted by Crippen LogP contribution is -2.23. The Balaban J connectivity index is 2.85. The van der Waals surface area contributed by atoms with Crippen LogP contribution in [0.4, 0.5) is 8.78 Å². The van der Waals surface area contributed by atoms with Crippen LogP contribution in [0.1, 0.15) is 18.1 Å². The molecule has 0 saturated carbocycles. The van der Waals surface area contributed by atoms with E-state index in [9.17, 15) is 23.8 Å². The van der Waals surface area contributed by atoms with Gasteiger partial charge in [0.1, 0.15) is 6.10 Å². The molecule has 1 aromatic rings. The zero-order chi connectivity index (χ0) is 13.0. The van der Waals surface area contributed by atoms with Crippen LogP contribution in [-0.4, -0.2) is 29.4 Å². The largest absolute Gasteiger partial charge is 0.469 e. The Hall–Kier alpha value is -1.53. The minimum Gasteiger partial charge on any atom is -0.469 e. The Kier molecular flexibility index (Phi) is 4.53. The maximum atomic E-state index is 13.3. The number of carbonyl (C=O) groups is 1. The van der Waals surface area contributed by atoms with Crippen LogP contribution in [0.3, 0.4) is 0 Å². The Morgan fingerprint density at radius 2 is 2.06 bits per heavy atom. The van der Waals surface area contributed by atoms with Gasteiger partial charge in [-0.05, 0) is 6.07 Å². The fourth-order valence-electron chi connectivity index (χ4n) is 1.32. The molecule has 0 aliphatic rings. The molecular formula is C11H12F2O4. The Morgan fingerprint density at radius 3 is 2.65 bits per heavy atom. The quantitative estimate of drug-likeness (QED) is 0.775. The summed E-state index contributed by atoms with van der Waals surface area (Å²) in [5.41, 5.74) is -0.401. The van der Waals surface area contributed by atoms with Crippen molar-refractivity contribution < 1.29 is 28.5 Å². The van der Waals surface area contributed by atoms with Crippen molar-refractivity contribution in [3.8, 4) is 0 Å². The van der Waals surface area contributed by atoms with Gasteiger partial charge in [0.05, 0.1) is 19.6 Å². The highest BCUT2D eigenvalue weighted by atomic mass is 19.2. The van der Waals surface area contributed by atoms with Crippen LogP contribution in [-0.2, 0) is 9.53 Å². The van der Waals surface area contributed by atoms with Gasteiger partial charge in [0.15, 0.2) is 11.6 Å². The second kappa shape index (κ2) is 5.70. The predicted octanol–water partition coefficient (Wildman–Crippen LogP) is 0.922. The summed E-state index contributed by atoms with van der Waals surface area (Å²) in [5.74, 6) is -3.14. The highest BCUT2D eigenvalue weighted by Gasteiger charge is 2.25. The molecule has 0 heterocycles. The monoisotopic (exact) mass is 246 g/mol. The lowest BCUT2D eigenvalue weighted by atomic mass is 10.0. The number of carbonyl (C=O) groups excluding carboxylic acids is 1. The molecule has 0 aromatic heterocycles. The van der Waals surface area contributed by atoms with Gasteiger partial charge in [-0.2, -0.15) is 0 Å². The van der Waals surface area contributed by atoms with Crippen LogP contribution < -0.4 is 0 Å². The fourth-order valence-corrected chi connectivity index (χ4v) is 1.32. The fraction of sp³-hybridized carbons (Fsp3) is 0.364. The molecule has 2 atom stereocenters. The molecule has 0 aliphatic carbocycles. The van der Waals surface area contributed by atoms with Crippen molar-refractivity contribution in [3.63, 3.8) is 0 Å². The van der Waals surface area contributed by atoms with Crippen molar-refractivity contribution in [1.29, 1.82) is 0 Å². The molecule has 1 aromatic carbocycles. The van der Waals surface area contributed by atoms with Gasteiger partial charge < -0.3 is 14.9 Å². The number of methoxy groups -OCH3 is 1. The van der Waals surface area contributed by atoms with E-state index in [4.69, 9.17) is 0 Å². The molecule has 0 fully saturated rings. The van der Waals surface area contributed by atoms with E-state index < -0.39 is 41.8 Å². The van der Waals surface area contributed by atoms with E-state index >= 15 is 0 Å². The summed E-state index contributed by atoms with van der Waals surface area (Å²) in [7, 11) is 1.12. The van der Waals surface area contributed by atoms with Crippen LogP contribution in [0.2, 0.25) is 0 Å². The van der Waals surface area contributed by atoms with Gasteiger partial charge in [-0.3, -0.25) is 4.79 Å². The Morgan fingerprint density at radius 1 is 1.41 bits per heavy atom. The molecule has 0 bridgehead atoms. The molecule has 0 amide bonds. The summed E-state index contributed by atoms with van der Waals surface area (Å²) < 4.78 is 30.4. The summed E-state index contributed by atoms with van der Waals surface area (Å²) in [6, 6.07) is 3.21. The SMILES string of the molecule is COC(=O)CC(O)C(O)c1cccc(F)c1F. The minimum absolute atomic E-state index is 0.401. The van der Waals surface area contributed by atoms with Crippen LogP contribution in [0.15, 0.2) is 18.2 Å². The summed E-state index contributed by atoms with van der Waals surface area (Å²) in [4.78, 5) is 10.8. The second-order valence-corrected chi connectivity index (χ2v) is 3.44. The zero-order valence-electron chi connectivity index (χ0n) is 9.06. The van der Waals surface area contributed by atoms with Crippen molar-refractivity contribution in [2.75, 3.05) is 7.11 Å². The first-order valence-corrected chi connectivity index (χ1v) is 4.84. The standard InChI is InChI=1S/C11H12F2O4/c1-17-9(15)5-8(14)11(16)6-3-2-4-7(12)10(6)13/h2-4,8,11,14,16H,5H2,1H3. The van der Waals surface area contributed by atoms with E-state index in [1.807, 2.05) is 0 Å². The van der Waals surface area contributed by atoms with Gasteiger partial charge in [-0.1, -0.05) is 12.1 Å². The molecule has 17 heavy (non-hydrogen) atoms. The Bertz CT molecular complexity index is 408. The molecule has 0 spiro atoms. The van der Waals surface area contributed by atoms with Gasteiger partial charge in [0.25, 0.3) is 0 Å². The summed E-state index contributed by atoms with van der Waals surface area (Å²) in [5, 5.41) is 19.0. The van der Waals surface area contributed by atoms with Gasteiger partial charge in [-0.15, -0.1) is 0 Å². The normalized spacial score (nSPS) is 14.2. The van der Waals surface area contributed by atoms with Crippen molar-refractivity contribution in [1.82, 2.24) is 0 Å². The van der Waals surface area contributed by atoms with Crippen molar-refractivity contribution in [2.45, 2.75) is 18.6 Å². The summed E-state index contributed by atoms with van der Waals surface area (Å²) in [6.07, 6.45) is -3.75. The Labute approximate surface area is 96.5 Å². The number of hydrogen-bond acceptors (Lipinski definition) is 4. The van der Waals surface area contributed by atoms with Gasteiger partial charge in [-0.25, -0.2) is 8.78 Å². The summed E-state index contributed by atoms with van der Waals surface area (Å²) in [6.45, 7) is 0. The van der Waals surface area contributed by atoms with Gasteiger partial charge in [0.2, 0.25) is 0 Å². The lowest BCUT2D eigenvalue weighted by Gasteiger charge is -2.17. The van der Waals surface area contributed by atoms with E-state index in [0.717, 1.165) is 19.2 Å². The third-order valence-corrected chi connectivity index (χ3v) is 2.27. The molecule has 0 saturated heterocycles. The van der Waals surface area contributed by atoms with E-state index in [-0.39, 0.29) is 0 Å². The van der Waals surface area contributed by atoms with Crippen LogP contribution in [0.25, 0.3) is 0 Å². The number of hydrogen-bond donors (Lipinski definition) is 2. The van der Waals surface area contributed by atoms with Crippen LogP contribution in [0, 0.1) is 11.6 Å². The maximum absolute atomic E-state index is 13.3. The smallest absolute Gasteiger partial charge is 0.308 e. The first-order valence-electron chi connectivity index (χ1n) is 4.84. The molecule has 4 nitrogen and oxygen atoms in total. The van der Waals surface area contributed by atoms with Crippen LogP contribution in [0.5, 0.6) is 0 Å². The molecule has 0 radical (unpaired) electrons. The third-order valence-electron chi connectivity index (χ3n) is 2.27. The molecule has 94 valence electrons. The van der Waals surface area contributed by atoms with Gasteiger partial charge in [0, 0.05) is 5.56 Å². The topological polar surface area (TPSA) is 66.8 Å². The number of aliphatic hydroxyl groups excluding tert-OH is 2. The third kappa shape index (κ3) is 3.21. The first-order chi connectivity index (χ1) is 7.97. The number of rotatable bonds is 4. The lowest BCUT2D eigenvalue weighted by molar-refractivity contribution is -0.144. The zero-order valence-corrected chi connectivity index (χ0v) is 9.06. The summed E-state index contributed by atoms with van der Waals surface area (Å²) >= 11 is 0. The molecule has 1 rings (SSSR count). The maximum Gasteiger partial charge on any atom is 0.308 e. The predicted molar refractivity (Wildman–Crippen MR) is 54.0 cm³/mol. The van der Waals surface area contributed by atoms with Crippen molar-refractivity contribution in [2.24, 2.45) is 0 Å². The highest BCUT2D eigenvalue weighted by Crippen LogP contribution is 2.23. The second-order valence-electron chi connectivity index (χ2n) is 3.44. The number of aliphatic hydroxyl groups is 2. The van der Waals surface area contributed by atoms with Crippen molar-refractivity contribution >= 4 is 5.97 Å². The number of ether oxygens (including phenoxy) is 1. The van der Waals surface area contributed by atoms with E-state index in [2.05, 4.69) is 4.74 Å². The van der Waals surface area contributed by atoms with E-state index in [1.165, 1.54) is 6.07 Å². The first kappa shape index (κ1) is 13.5. The molecule has 2 N–H and O–H groups in total. The molecule has 0 aliphatic heterocycles.